The Morgan fingerprint density at radius 2 is 1.15 bits per heavy atom. The fourth-order valence-electron chi connectivity index (χ4n) is 1.96. The lowest BCUT2D eigenvalue weighted by Gasteiger charge is -2.11. The number of carbonyl (C=O) groups excluding carboxylic acids is 3. The number of ketones is 3. The molecule has 112 valence electrons. The number of carbonyl (C=O) groups is 3. The first-order chi connectivity index (χ1) is 9.31. The first-order valence-electron chi connectivity index (χ1n) is 7.17. The van der Waals surface area contributed by atoms with Crippen molar-refractivity contribution in [1.82, 2.24) is 0 Å². The summed E-state index contributed by atoms with van der Waals surface area (Å²) in [6, 6.07) is 0. The molecule has 0 heterocycles. The van der Waals surface area contributed by atoms with E-state index in [9.17, 15) is 14.4 Å². The average Bonchev–Trinajstić information content (AvgIpc) is 2.26. The van der Waals surface area contributed by atoms with E-state index in [1.165, 1.54) is 13.8 Å². The molecule has 0 radical (unpaired) electrons. The molecule has 0 bridgehead atoms. The van der Waals surface area contributed by atoms with Crippen molar-refractivity contribution in [2.24, 2.45) is 11.8 Å². The van der Waals surface area contributed by atoms with E-state index >= 15 is 0 Å². The van der Waals surface area contributed by atoms with Crippen molar-refractivity contribution >= 4 is 17.3 Å². The summed E-state index contributed by atoms with van der Waals surface area (Å²) in [7, 11) is 0. The summed E-state index contributed by atoms with van der Waals surface area (Å²) in [5.41, 5.74) is 0. The summed E-state index contributed by atoms with van der Waals surface area (Å²) >= 11 is 0. The predicted molar refractivity (Wildman–Crippen MR) is 81.4 cm³/mol. The van der Waals surface area contributed by atoms with E-state index in [0.717, 1.165) is 12.8 Å². The first-order valence-corrected chi connectivity index (χ1v) is 7.17. The number of Topliss-reactive ketones (excluding diaryl/α,β-unsaturated/α-hetero) is 1. The normalized spacial score (nSPS) is 14.6. The molecule has 0 saturated carbocycles. The standard InChI is InChI=1S/C17H26O3/c1-13(7-5-9-15(3)18)11-17(20)12-14(2)8-6-10-16(4)19/h5-6,9-10,13-14H,7-8,11-12H2,1-4H3/b9-5+,10-6+/t13-,14+. The van der Waals surface area contributed by atoms with Gasteiger partial charge in [0.15, 0.2) is 11.6 Å². The Labute approximate surface area is 122 Å². The van der Waals surface area contributed by atoms with Crippen molar-refractivity contribution in [3.63, 3.8) is 0 Å². The minimum atomic E-state index is 0.0365. The molecule has 0 unspecified atom stereocenters. The van der Waals surface area contributed by atoms with Crippen molar-refractivity contribution < 1.29 is 14.4 Å². The van der Waals surface area contributed by atoms with E-state index in [-0.39, 0.29) is 29.2 Å². The molecule has 0 aromatic heterocycles. The van der Waals surface area contributed by atoms with Gasteiger partial charge in [-0.05, 0) is 50.7 Å². The van der Waals surface area contributed by atoms with E-state index < -0.39 is 0 Å². The van der Waals surface area contributed by atoms with Crippen LogP contribution >= 0.6 is 0 Å². The highest BCUT2D eigenvalue weighted by Crippen LogP contribution is 2.15. The summed E-state index contributed by atoms with van der Waals surface area (Å²) in [6.07, 6.45) is 9.37. The Balaban J connectivity index is 3.97. The van der Waals surface area contributed by atoms with Gasteiger partial charge in [-0.15, -0.1) is 0 Å². The number of rotatable bonds is 10. The Bertz CT molecular complexity index is 355. The molecule has 0 N–H and O–H groups in total. The van der Waals surface area contributed by atoms with Gasteiger partial charge in [0.05, 0.1) is 0 Å². The fraction of sp³-hybridized carbons (Fsp3) is 0.588. The Morgan fingerprint density at radius 3 is 1.45 bits per heavy atom. The molecule has 0 aliphatic rings. The van der Waals surface area contributed by atoms with Crippen LogP contribution in [-0.4, -0.2) is 17.3 Å². The van der Waals surface area contributed by atoms with Gasteiger partial charge < -0.3 is 0 Å². The molecule has 0 fully saturated rings. The maximum absolute atomic E-state index is 11.9. The van der Waals surface area contributed by atoms with Crippen LogP contribution in [0.25, 0.3) is 0 Å². The largest absolute Gasteiger partial charge is 0.300 e. The van der Waals surface area contributed by atoms with Gasteiger partial charge in [-0.25, -0.2) is 0 Å². The molecule has 0 saturated heterocycles. The van der Waals surface area contributed by atoms with Crippen LogP contribution in [-0.2, 0) is 14.4 Å². The van der Waals surface area contributed by atoms with E-state index in [0.29, 0.717) is 12.8 Å². The monoisotopic (exact) mass is 278 g/mol. The van der Waals surface area contributed by atoms with Crippen molar-refractivity contribution in [3.05, 3.63) is 24.3 Å². The van der Waals surface area contributed by atoms with Crippen molar-refractivity contribution in [1.29, 1.82) is 0 Å². The molecule has 3 heteroatoms. The topological polar surface area (TPSA) is 51.2 Å². The third-order valence-electron chi connectivity index (χ3n) is 2.93. The van der Waals surface area contributed by atoms with Gasteiger partial charge in [-0.3, -0.25) is 14.4 Å². The van der Waals surface area contributed by atoms with Gasteiger partial charge in [-0.2, -0.15) is 0 Å². The molecule has 0 rings (SSSR count). The lowest BCUT2D eigenvalue weighted by molar-refractivity contribution is -0.120. The molecule has 0 aromatic rings. The zero-order valence-corrected chi connectivity index (χ0v) is 13.0. The SMILES string of the molecule is CC(=O)/C=C/C[C@@H](C)CC(=O)C[C@@H](C)C/C=C/C(C)=O. The highest BCUT2D eigenvalue weighted by atomic mass is 16.1. The van der Waals surface area contributed by atoms with Gasteiger partial charge >= 0.3 is 0 Å². The summed E-state index contributed by atoms with van der Waals surface area (Å²) in [5.74, 6) is 0.845. The van der Waals surface area contributed by atoms with Gasteiger partial charge in [0.25, 0.3) is 0 Å². The second kappa shape index (κ2) is 10.3. The van der Waals surface area contributed by atoms with Crippen LogP contribution in [0.15, 0.2) is 24.3 Å². The minimum Gasteiger partial charge on any atom is -0.300 e. The molecule has 0 aliphatic carbocycles. The molecule has 2 atom stereocenters. The van der Waals surface area contributed by atoms with Gasteiger partial charge in [0.1, 0.15) is 5.78 Å². The van der Waals surface area contributed by atoms with E-state index in [1.807, 2.05) is 26.0 Å². The van der Waals surface area contributed by atoms with Gasteiger partial charge in [-0.1, -0.05) is 26.0 Å². The zero-order chi connectivity index (χ0) is 15.5. The van der Waals surface area contributed by atoms with E-state index in [2.05, 4.69) is 0 Å². The first kappa shape index (κ1) is 18.5. The lowest BCUT2D eigenvalue weighted by Crippen LogP contribution is -2.09. The summed E-state index contributed by atoms with van der Waals surface area (Å²) in [4.78, 5) is 33.4. The van der Waals surface area contributed by atoms with Crippen molar-refractivity contribution in [3.8, 4) is 0 Å². The number of allylic oxidation sites excluding steroid dienone is 4. The number of hydrogen-bond donors (Lipinski definition) is 0. The quantitative estimate of drug-likeness (QED) is 0.573. The van der Waals surface area contributed by atoms with Crippen molar-refractivity contribution in [2.45, 2.75) is 53.4 Å². The van der Waals surface area contributed by atoms with Gasteiger partial charge in [0.2, 0.25) is 0 Å². The van der Waals surface area contributed by atoms with Crippen LogP contribution in [0.5, 0.6) is 0 Å². The van der Waals surface area contributed by atoms with Crippen LogP contribution in [0.2, 0.25) is 0 Å². The van der Waals surface area contributed by atoms with Crippen LogP contribution in [0.4, 0.5) is 0 Å². The summed E-state index contributed by atoms with van der Waals surface area (Å²) < 4.78 is 0. The zero-order valence-electron chi connectivity index (χ0n) is 13.0. The van der Waals surface area contributed by atoms with Crippen LogP contribution < -0.4 is 0 Å². The molecule has 0 amide bonds. The molecule has 0 spiro atoms. The van der Waals surface area contributed by atoms with Crippen LogP contribution in [0, 0.1) is 11.8 Å². The minimum absolute atomic E-state index is 0.0365. The van der Waals surface area contributed by atoms with Crippen LogP contribution in [0.1, 0.15) is 53.4 Å². The maximum Gasteiger partial charge on any atom is 0.152 e. The lowest BCUT2D eigenvalue weighted by atomic mass is 9.93. The Kier molecular flexibility index (Phi) is 9.52. The third kappa shape index (κ3) is 11.6. The maximum atomic E-state index is 11.9. The van der Waals surface area contributed by atoms with E-state index in [1.54, 1.807) is 12.2 Å². The summed E-state index contributed by atoms with van der Waals surface area (Å²) in [5, 5.41) is 0. The van der Waals surface area contributed by atoms with Crippen LogP contribution in [0.3, 0.4) is 0 Å². The number of hydrogen-bond acceptors (Lipinski definition) is 3. The third-order valence-corrected chi connectivity index (χ3v) is 2.93. The predicted octanol–water partition coefficient (Wildman–Crippen LogP) is 3.68. The fourth-order valence-corrected chi connectivity index (χ4v) is 1.96. The molecule has 0 aromatic carbocycles. The average molecular weight is 278 g/mol. The smallest absolute Gasteiger partial charge is 0.152 e. The summed E-state index contributed by atoms with van der Waals surface area (Å²) in [6.45, 7) is 7.07. The molecule has 0 aliphatic heterocycles. The van der Waals surface area contributed by atoms with E-state index in [4.69, 9.17) is 0 Å². The van der Waals surface area contributed by atoms with Gasteiger partial charge in [0, 0.05) is 12.8 Å². The second-order valence-corrected chi connectivity index (χ2v) is 5.65. The molecular weight excluding hydrogens is 252 g/mol. The molecular formula is C17H26O3. The molecule has 3 nitrogen and oxygen atoms in total. The second-order valence-electron chi connectivity index (χ2n) is 5.65. The highest BCUT2D eigenvalue weighted by molar-refractivity contribution is 5.87. The van der Waals surface area contributed by atoms with Crippen molar-refractivity contribution in [2.75, 3.05) is 0 Å². The Morgan fingerprint density at radius 1 is 0.800 bits per heavy atom. The highest BCUT2D eigenvalue weighted by Gasteiger charge is 2.11. The Hall–Kier alpha value is -1.51. The molecule has 20 heavy (non-hydrogen) atoms.